The molecule has 0 aromatic heterocycles. The molecule has 128 valence electrons. The summed E-state index contributed by atoms with van der Waals surface area (Å²) in [4.78, 5) is 26.2. The first-order valence-electron chi connectivity index (χ1n) is 8.28. The fourth-order valence-corrected chi connectivity index (χ4v) is 3.18. The average molecular weight is 338 g/mol. The molecule has 1 N–H and O–H groups in total. The van der Waals surface area contributed by atoms with Crippen LogP contribution in [0.4, 0.5) is 11.4 Å². The monoisotopic (exact) mass is 338 g/mol. The summed E-state index contributed by atoms with van der Waals surface area (Å²) < 4.78 is 11.3. The number of carbonyl (C=O) groups is 2. The van der Waals surface area contributed by atoms with Crippen molar-refractivity contribution in [3.05, 3.63) is 48.0 Å². The number of likely N-dealkylation sites (N-methyl/N-ethyl adjacent to an activating group) is 1. The molecule has 4 rings (SSSR count). The van der Waals surface area contributed by atoms with Crippen molar-refractivity contribution in [3.8, 4) is 11.5 Å². The fourth-order valence-electron chi connectivity index (χ4n) is 3.18. The van der Waals surface area contributed by atoms with E-state index in [1.807, 2.05) is 31.2 Å². The topological polar surface area (TPSA) is 67.9 Å². The van der Waals surface area contributed by atoms with Crippen molar-refractivity contribution >= 4 is 23.2 Å². The minimum absolute atomic E-state index is 0.0848. The van der Waals surface area contributed by atoms with Crippen LogP contribution in [0.2, 0.25) is 0 Å². The van der Waals surface area contributed by atoms with Gasteiger partial charge in [0.2, 0.25) is 12.0 Å². The number of anilines is 2. The number of amides is 2. The second-order valence-corrected chi connectivity index (χ2v) is 6.01. The third kappa shape index (κ3) is 2.80. The van der Waals surface area contributed by atoms with Gasteiger partial charge in [0.25, 0.3) is 5.91 Å². The van der Waals surface area contributed by atoms with Crippen molar-refractivity contribution in [2.75, 3.05) is 23.4 Å². The molecule has 2 aliphatic rings. The summed E-state index contributed by atoms with van der Waals surface area (Å²) in [6.07, 6.45) is -0.347. The van der Waals surface area contributed by atoms with Crippen LogP contribution >= 0.6 is 0 Å². The lowest BCUT2D eigenvalue weighted by Gasteiger charge is -2.25. The van der Waals surface area contributed by atoms with Crippen LogP contribution in [0.15, 0.2) is 42.5 Å². The summed E-state index contributed by atoms with van der Waals surface area (Å²) >= 11 is 0. The number of hydrogen-bond acceptors (Lipinski definition) is 4. The van der Waals surface area contributed by atoms with Gasteiger partial charge in [0.1, 0.15) is 6.61 Å². The fraction of sp³-hybridized carbons (Fsp3) is 0.263. The smallest absolute Gasteiger partial charge is 0.269 e. The van der Waals surface area contributed by atoms with Crippen molar-refractivity contribution < 1.29 is 19.1 Å². The van der Waals surface area contributed by atoms with Crippen LogP contribution in [-0.4, -0.2) is 31.1 Å². The Morgan fingerprint density at radius 3 is 2.84 bits per heavy atom. The van der Waals surface area contributed by atoms with Gasteiger partial charge in [-0.25, -0.2) is 0 Å². The molecule has 2 aliphatic heterocycles. The number of para-hydroxylation sites is 2. The number of benzene rings is 2. The van der Waals surface area contributed by atoms with Crippen LogP contribution in [0, 0.1) is 0 Å². The maximum Gasteiger partial charge on any atom is 0.269 e. The number of rotatable bonds is 3. The highest BCUT2D eigenvalue weighted by molar-refractivity contribution is 6.02. The number of ether oxygens (including phenoxy) is 2. The highest BCUT2D eigenvalue weighted by Gasteiger charge is 2.29. The third-order valence-electron chi connectivity index (χ3n) is 4.40. The first-order chi connectivity index (χ1) is 12.2. The van der Waals surface area contributed by atoms with Gasteiger partial charge in [-0.1, -0.05) is 12.1 Å². The zero-order valence-electron chi connectivity index (χ0n) is 13.8. The summed E-state index contributed by atoms with van der Waals surface area (Å²) in [7, 11) is 0. The zero-order chi connectivity index (χ0) is 17.4. The van der Waals surface area contributed by atoms with Crippen LogP contribution in [0.3, 0.4) is 0 Å². The molecule has 2 aromatic rings. The molecule has 0 bridgehead atoms. The van der Waals surface area contributed by atoms with Crippen molar-refractivity contribution in [1.82, 2.24) is 0 Å². The second kappa shape index (κ2) is 6.12. The van der Waals surface area contributed by atoms with Crippen LogP contribution in [0.5, 0.6) is 11.5 Å². The van der Waals surface area contributed by atoms with Gasteiger partial charge in [-0.3, -0.25) is 9.59 Å². The summed E-state index contributed by atoms with van der Waals surface area (Å²) in [5, 5.41) is 2.85. The van der Waals surface area contributed by atoms with Gasteiger partial charge in [0.15, 0.2) is 11.5 Å². The lowest BCUT2D eigenvalue weighted by atomic mass is 10.1. The van der Waals surface area contributed by atoms with Crippen LogP contribution in [-0.2, 0) is 16.0 Å². The van der Waals surface area contributed by atoms with Crippen molar-refractivity contribution in [3.63, 3.8) is 0 Å². The van der Waals surface area contributed by atoms with Gasteiger partial charge < -0.3 is 19.7 Å². The van der Waals surface area contributed by atoms with E-state index in [-0.39, 0.29) is 18.4 Å². The second-order valence-electron chi connectivity index (χ2n) is 6.01. The Morgan fingerprint density at radius 1 is 1.24 bits per heavy atom. The van der Waals surface area contributed by atoms with E-state index in [9.17, 15) is 9.59 Å². The summed E-state index contributed by atoms with van der Waals surface area (Å²) in [5.41, 5.74) is 2.49. The average Bonchev–Trinajstić information content (AvgIpc) is 2.95. The first-order valence-corrected chi connectivity index (χ1v) is 8.28. The zero-order valence-corrected chi connectivity index (χ0v) is 13.8. The molecule has 2 aromatic carbocycles. The molecule has 2 heterocycles. The lowest BCUT2D eigenvalue weighted by Crippen LogP contribution is -2.40. The van der Waals surface area contributed by atoms with E-state index in [1.165, 1.54) is 0 Å². The molecule has 1 unspecified atom stereocenters. The maximum atomic E-state index is 12.5. The summed E-state index contributed by atoms with van der Waals surface area (Å²) in [6.45, 7) is 2.75. The van der Waals surface area contributed by atoms with E-state index in [1.54, 1.807) is 23.1 Å². The Bertz CT molecular complexity index is 849. The molecular formula is C19H18N2O4. The standard InChI is InChI=1S/C19H18N2O4/c1-2-21-14-8-7-13(9-12(14)10-18(21)22)20-19(23)17-11-24-15-5-3-4-6-16(15)25-17/h3-9,17H,2,10-11H2,1H3,(H,20,23). The highest BCUT2D eigenvalue weighted by atomic mass is 16.6. The van der Waals surface area contributed by atoms with E-state index >= 15 is 0 Å². The predicted octanol–water partition coefficient (Wildman–Crippen LogP) is 2.37. The number of nitrogens with zero attached hydrogens (tertiary/aromatic N) is 1. The summed E-state index contributed by atoms with van der Waals surface area (Å²) in [6, 6.07) is 12.8. The molecule has 25 heavy (non-hydrogen) atoms. The third-order valence-corrected chi connectivity index (χ3v) is 4.40. The van der Waals surface area contributed by atoms with Gasteiger partial charge in [0, 0.05) is 17.9 Å². The SMILES string of the molecule is CCN1C(=O)Cc2cc(NC(=O)C3COc4ccccc4O3)ccc21. The Balaban J connectivity index is 1.47. The van der Waals surface area contributed by atoms with Gasteiger partial charge in [-0.05, 0) is 42.8 Å². The van der Waals surface area contributed by atoms with E-state index < -0.39 is 6.10 Å². The van der Waals surface area contributed by atoms with Gasteiger partial charge in [0.05, 0.1) is 6.42 Å². The van der Waals surface area contributed by atoms with E-state index in [2.05, 4.69) is 5.32 Å². The molecule has 0 spiro atoms. The van der Waals surface area contributed by atoms with Crippen molar-refractivity contribution in [1.29, 1.82) is 0 Å². The molecule has 0 aliphatic carbocycles. The van der Waals surface area contributed by atoms with Crippen LogP contribution in [0.25, 0.3) is 0 Å². The van der Waals surface area contributed by atoms with Crippen molar-refractivity contribution in [2.45, 2.75) is 19.4 Å². The minimum atomic E-state index is -0.711. The molecule has 0 saturated heterocycles. The largest absolute Gasteiger partial charge is 0.485 e. The van der Waals surface area contributed by atoms with Gasteiger partial charge in [-0.15, -0.1) is 0 Å². The molecule has 0 radical (unpaired) electrons. The maximum absolute atomic E-state index is 12.5. The van der Waals surface area contributed by atoms with E-state index in [0.717, 1.165) is 11.3 Å². The van der Waals surface area contributed by atoms with Gasteiger partial charge in [-0.2, -0.15) is 0 Å². The molecule has 0 fully saturated rings. The Hall–Kier alpha value is -3.02. The molecule has 6 nitrogen and oxygen atoms in total. The molecule has 1 atom stereocenters. The van der Waals surface area contributed by atoms with E-state index in [4.69, 9.17) is 9.47 Å². The van der Waals surface area contributed by atoms with Crippen LogP contribution in [0.1, 0.15) is 12.5 Å². The molecule has 2 amide bonds. The number of hydrogen-bond donors (Lipinski definition) is 1. The Labute approximate surface area is 145 Å². The quantitative estimate of drug-likeness (QED) is 0.933. The number of nitrogens with one attached hydrogen (secondary N) is 1. The number of carbonyl (C=O) groups excluding carboxylic acids is 2. The number of fused-ring (bicyclic) bond motifs is 2. The predicted molar refractivity (Wildman–Crippen MR) is 93.2 cm³/mol. The first kappa shape index (κ1) is 15.5. The van der Waals surface area contributed by atoms with E-state index in [0.29, 0.717) is 30.2 Å². The molecular weight excluding hydrogens is 320 g/mol. The Kier molecular flexibility index (Phi) is 3.80. The summed E-state index contributed by atoms with van der Waals surface area (Å²) in [5.74, 6) is 1.02. The lowest BCUT2D eigenvalue weighted by molar-refractivity contribution is -0.125. The van der Waals surface area contributed by atoms with Gasteiger partial charge >= 0.3 is 0 Å². The normalized spacial score (nSPS) is 18.0. The van der Waals surface area contributed by atoms with Crippen LogP contribution < -0.4 is 19.7 Å². The minimum Gasteiger partial charge on any atom is -0.485 e. The highest BCUT2D eigenvalue weighted by Crippen LogP contribution is 2.32. The van der Waals surface area contributed by atoms with Crippen molar-refractivity contribution in [2.24, 2.45) is 0 Å². The molecule has 6 heteroatoms. The Morgan fingerprint density at radius 2 is 2.04 bits per heavy atom. The molecule has 0 saturated carbocycles.